The molecular weight excluding hydrogens is 334 g/mol. The Morgan fingerprint density at radius 2 is 1.64 bits per heavy atom. The first-order valence-electron chi connectivity index (χ1n) is 7.56. The largest absolute Gasteiger partial charge is 0.317 e. The fraction of sp³-hybridized carbons (Fsp3) is 0. The van der Waals surface area contributed by atoms with Crippen LogP contribution in [0.2, 0.25) is 0 Å². The first-order valence-corrected chi connectivity index (χ1v) is 8.44. The lowest BCUT2D eigenvalue weighted by Crippen LogP contribution is -2.30. The molecule has 2 aromatic carbocycles. The summed E-state index contributed by atoms with van der Waals surface area (Å²) in [7, 11) is 0. The van der Waals surface area contributed by atoms with Gasteiger partial charge in [0.15, 0.2) is 5.13 Å². The molecule has 3 aromatic rings. The van der Waals surface area contributed by atoms with Crippen LogP contribution < -0.4 is 10.6 Å². The predicted molar refractivity (Wildman–Crippen MR) is 99.1 cm³/mol. The van der Waals surface area contributed by atoms with Gasteiger partial charge in [-0.2, -0.15) is 0 Å². The molecular formula is C19H15N3O2S. The van der Waals surface area contributed by atoms with Crippen LogP contribution in [0.1, 0.15) is 15.9 Å². The molecule has 0 radical (unpaired) electrons. The maximum Gasteiger partial charge on any atom is 0.273 e. The van der Waals surface area contributed by atoms with Crippen molar-refractivity contribution in [2.24, 2.45) is 0 Å². The Morgan fingerprint density at radius 3 is 2.28 bits per heavy atom. The smallest absolute Gasteiger partial charge is 0.273 e. The molecule has 0 aliphatic carbocycles. The predicted octanol–water partition coefficient (Wildman–Crippen LogP) is 3.55. The lowest BCUT2D eigenvalue weighted by molar-refractivity contribution is -0.113. The van der Waals surface area contributed by atoms with Crippen LogP contribution in [0.5, 0.6) is 0 Å². The van der Waals surface area contributed by atoms with Gasteiger partial charge < -0.3 is 5.32 Å². The van der Waals surface area contributed by atoms with E-state index in [1.54, 1.807) is 41.9 Å². The minimum absolute atomic E-state index is 0.148. The highest BCUT2D eigenvalue weighted by atomic mass is 32.1. The second-order valence-corrected chi connectivity index (χ2v) is 5.97. The van der Waals surface area contributed by atoms with E-state index in [1.807, 2.05) is 36.4 Å². The first-order chi connectivity index (χ1) is 12.2. The van der Waals surface area contributed by atoms with E-state index in [-0.39, 0.29) is 11.6 Å². The fourth-order valence-electron chi connectivity index (χ4n) is 2.11. The number of amides is 2. The molecule has 25 heavy (non-hydrogen) atoms. The van der Waals surface area contributed by atoms with Crippen molar-refractivity contribution in [2.75, 3.05) is 5.32 Å². The molecule has 1 aromatic heterocycles. The molecule has 0 saturated carbocycles. The van der Waals surface area contributed by atoms with Gasteiger partial charge >= 0.3 is 0 Å². The highest BCUT2D eigenvalue weighted by Gasteiger charge is 2.15. The molecule has 0 atom stereocenters. The molecule has 0 bridgehead atoms. The summed E-state index contributed by atoms with van der Waals surface area (Å²) < 4.78 is 0. The number of thiazole rings is 1. The second kappa shape index (κ2) is 8.03. The van der Waals surface area contributed by atoms with E-state index >= 15 is 0 Å². The molecule has 6 heteroatoms. The Balaban J connectivity index is 1.85. The number of hydrogen-bond acceptors (Lipinski definition) is 4. The molecule has 2 N–H and O–H groups in total. The van der Waals surface area contributed by atoms with E-state index in [2.05, 4.69) is 15.6 Å². The van der Waals surface area contributed by atoms with E-state index in [9.17, 15) is 9.59 Å². The standard InChI is InChI=1S/C19H15N3O2S/c23-17(15-9-5-2-6-10-15)21-16(13-14-7-3-1-4-8-14)18(24)22-19-20-11-12-25-19/h1-13H,(H,21,23)(H,20,22,24)/b16-13-. The SMILES string of the molecule is O=C(Nc1nccs1)/C(=C/c1ccccc1)NC(=O)c1ccccc1. The van der Waals surface area contributed by atoms with Crippen LogP contribution in [-0.4, -0.2) is 16.8 Å². The third-order valence-electron chi connectivity index (χ3n) is 3.29. The maximum atomic E-state index is 12.6. The molecule has 5 nitrogen and oxygen atoms in total. The monoisotopic (exact) mass is 349 g/mol. The number of hydrogen-bond donors (Lipinski definition) is 2. The fourth-order valence-corrected chi connectivity index (χ4v) is 2.63. The number of benzene rings is 2. The summed E-state index contributed by atoms with van der Waals surface area (Å²) in [6.45, 7) is 0. The number of anilines is 1. The highest BCUT2D eigenvalue weighted by Crippen LogP contribution is 2.13. The number of aromatic nitrogens is 1. The summed E-state index contributed by atoms with van der Waals surface area (Å²) in [5.41, 5.74) is 1.43. The quantitative estimate of drug-likeness (QED) is 0.692. The molecule has 0 aliphatic heterocycles. The van der Waals surface area contributed by atoms with Crippen LogP contribution in [0.15, 0.2) is 77.9 Å². The highest BCUT2D eigenvalue weighted by molar-refractivity contribution is 7.13. The first kappa shape index (κ1) is 16.6. The summed E-state index contributed by atoms with van der Waals surface area (Å²) >= 11 is 1.31. The molecule has 124 valence electrons. The molecule has 0 spiro atoms. The molecule has 1 heterocycles. The maximum absolute atomic E-state index is 12.6. The number of nitrogens with zero attached hydrogens (tertiary/aromatic N) is 1. The van der Waals surface area contributed by atoms with E-state index < -0.39 is 5.91 Å². The van der Waals surface area contributed by atoms with Crippen LogP contribution in [-0.2, 0) is 4.79 Å². The molecule has 3 rings (SSSR count). The normalized spacial score (nSPS) is 11.0. The van der Waals surface area contributed by atoms with Crippen LogP contribution in [0, 0.1) is 0 Å². The number of carbonyl (C=O) groups is 2. The summed E-state index contributed by atoms with van der Waals surface area (Å²) in [6, 6.07) is 18.1. The van der Waals surface area contributed by atoms with Crippen molar-refractivity contribution in [3.8, 4) is 0 Å². The second-order valence-electron chi connectivity index (χ2n) is 5.08. The van der Waals surface area contributed by atoms with Crippen LogP contribution in [0.4, 0.5) is 5.13 Å². The average molecular weight is 349 g/mol. The van der Waals surface area contributed by atoms with Crippen molar-refractivity contribution < 1.29 is 9.59 Å². The van der Waals surface area contributed by atoms with Gasteiger partial charge in [-0.3, -0.25) is 14.9 Å². The van der Waals surface area contributed by atoms with Crippen molar-refractivity contribution >= 4 is 34.4 Å². The molecule has 0 unspecified atom stereocenters. The summed E-state index contributed by atoms with van der Waals surface area (Å²) in [5.74, 6) is -0.778. The van der Waals surface area contributed by atoms with E-state index in [1.165, 1.54) is 11.3 Å². The Hall–Kier alpha value is -3.25. The van der Waals surface area contributed by atoms with Gasteiger partial charge in [-0.05, 0) is 23.8 Å². The van der Waals surface area contributed by atoms with Crippen molar-refractivity contribution in [1.29, 1.82) is 0 Å². The van der Waals surface area contributed by atoms with Gasteiger partial charge in [-0.15, -0.1) is 11.3 Å². The summed E-state index contributed by atoms with van der Waals surface area (Å²) in [5, 5.41) is 7.60. The van der Waals surface area contributed by atoms with Gasteiger partial charge in [0.2, 0.25) is 0 Å². The molecule has 0 saturated heterocycles. The van der Waals surface area contributed by atoms with Crippen molar-refractivity contribution in [1.82, 2.24) is 10.3 Å². The van der Waals surface area contributed by atoms with Gasteiger partial charge in [-0.1, -0.05) is 48.5 Å². The van der Waals surface area contributed by atoms with Crippen LogP contribution in [0.3, 0.4) is 0 Å². The van der Waals surface area contributed by atoms with Gasteiger partial charge in [0.05, 0.1) is 0 Å². The zero-order chi connectivity index (χ0) is 17.5. The Morgan fingerprint density at radius 1 is 0.960 bits per heavy atom. The van der Waals surface area contributed by atoms with Gasteiger partial charge in [0.1, 0.15) is 5.70 Å². The molecule has 0 fully saturated rings. The Kier molecular flexibility index (Phi) is 5.33. The number of carbonyl (C=O) groups excluding carboxylic acids is 2. The minimum atomic E-state index is -0.428. The number of nitrogens with one attached hydrogen (secondary N) is 2. The van der Waals surface area contributed by atoms with Crippen LogP contribution in [0.25, 0.3) is 6.08 Å². The lowest BCUT2D eigenvalue weighted by Gasteiger charge is -2.10. The minimum Gasteiger partial charge on any atom is -0.317 e. The topological polar surface area (TPSA) is 71.1 Å². The van der Waals surface area contributed by atoms with Crippen molar-refractivity contribution in [3.63, 3.8) is 0 Å². The van der Waals surface area contributed by atoms with Crippen molar-refractivity contribution in [3.05, 3.63) is 89.1 Å². The van der Waals surface area contributed by atoms with Gasteiger partial charge in [0.25, 0.3) is 11.8 Å². The zero-order valence-electron chi connectivity index (χ0n) is 13.2. The van der Waals surface area contributed by atoms with E-state index in [4.69, 9.17) is 0 Å². The van der Waals surface area contributed by atoms with Gasteiger partial charge in [0, 0.05) is 17.1 Å². The summed E-state index contributed by atoms with van der Waals surface area (Å²) in [4.78, 5) is 29.0. The third kappa shape index (κ3) is 4.62. The van der Waals surface area contributed by atoms with E-state index in [0.717, 1.165) is 5.56 Å². The average Bonchev–Trinajstić information content (AvgIpc) is 3.15. The van der Waals surface area contributed by atoms with Gasteiger partial charge in [-0.25, -0.2) is 4.98 Å². The number of rotatable bonds is 5. The summed E-state index contributed by atoms with van der Waals surface area (Å²) in [6.07, 6.45) is 3.23. The lowest BCUT2D eigenvalue weighted by atomic mass is 10.1. The molecule has 2 amide bonds. The van der Waals surface area contributed by atoms with E-state index in [0.29, 0.717) is 10.7 Å². The third-order valence-corrected chi connectivity index (χ3v) is 3.98. The Bertz CT molecular complexity index is 876. The van der Waals surface area contributed by atoms with Crippen molar-refractivity contribution in [2.45, 2.75) is 0 Å². The zero-order valence-corrected chi connectivity index (χ0v) is 14.0. The Labute approximate surface area is 149 Å². The molecule has 0 aliphatic rings. The van der Waals surface area contributed by atoms with Crippen LogP contribution >= 0.6 is 11.3 Å².